The van der Waals surface area contributed by atoms with E-state index in [0.29, 0.717) is 21.8 Å². The molecular formula is C22H20ClFN4O2S. The van der Waals surface area contributed by atoms with E-state index in [9.17, 15) is 9.18 Å². The van der Waals surface area contributed by atoms with Gasteiger partial charge in [-0.2, -0.15) is 5.26 Å². The number of nitrogens with one attached hydrogen (secondary N) is 1. The average Bonchev–Trinajstić information content (AvgIpc) is 3.05. The lowest BCUT2D eigenvalue weighted by molar-refractivity contribution is -0.115. The van der Waals surface area contributed by atoms with Crippen molar-refractivity contribution in [1.29, 1.82) is 5.26 Å². The van der Waals surface area contributed by atoms with Crippen molar-refractivity contribution in [2.45, 2.75) is 26.4 Å². The van der Waals surface area contributed by atoms with Crippen LogP contribution in [0.4, 0.5) is 15.8 Å². The minimum absolute atomic E-state index is 0.103. The number of nitrogens with zero attached hydrogens (tertiary/aromatic N) is 3. The van der Waals surface area contributed by atoms with Gasteiger partial charge >= 0.3 is 0 Å². The van der Waals surface area contributed by atoms with Gasteiger partial charge in [-0.1, -0.05) is 11.6 Å². The highest BCUT2D eigenvalue weighted by molar-refractivity contribution is 7.07. The van der Waals surface area contributed by atoms with E-state index in [1.54, 1.807) is 41.3 Å². The topological polar surface area (TPSA) is 79.4 Å². The van der Waals surface area contributed by atoms with Gasteiger partial charge in [0.05, 0.1) is 29.2 Å². The van der Waals surface area contributed by atoms with E-state index in [1.807, 2.05) is 19.9 Å². The van der Waals surface area contributed by atoms with E-state index in [1.165, 1.54) is 23.5 Å². The third kappa shape index (κ3) is 5.72. The molecule has 0 aliphatic carbocycles. The van der Waals surface area contributed by atoms with Crippen LogP contribution in [-0.4, -0.2) is 16.6 Å². The lowest BCUT2D eigenvalue weighted by atomic mass is 10.2. The SMILES string of the molecule is CC(C)Oc1cc(N=c2scc(CC(=O)Nc3ccc(C#N)cc3)n2C)c(F)cc1Cl. The number of anilines is 1. The van der Waals surface area contributed by atoms with Crippen LogP contribution >= 0.6 is 22.9 Å². The zero-order valence-corrected chi connectivity index (χ0v) is 18.7. The number of hydrogen-bond donors (Lipinski definition) is 1. The maximum Gasteiger partial charge on any atom is 0.230 e. The first-order valence-corrected chi connectivity index (χ1v) is 10.7. The van der Waals surface area contributed by atoms with Gasteiger partial charge in [0.25, 0.3) is 0 Å². The molecule has 0 fully saturated rings. The van der Waals surface area contributed by atoms with Crippen LogP contribution in [0.5, 0.6) is 5.75 Å². The number of aromatic nitrogens is 1. The number of nitriles is 1. The first-order valence-electron chi connectivity index (χ1n) is 9.40. The lowest BCUT2D eigenvalue weighted by Crippen LogP contribution is -2.19. The molecule has 1 N–H and O–H groups in total. The van der Waals surface area contributed by atoms with Gasteiger partial charge in [0.1, 0.15) is 11.4 Å². The highest BCUT2D eigenvalue weighted by Crippen LogP contribution is 2.32. The van der Waals surface area contributed by atoms with E-state index in [-0.39, 0.29) is 29.1 Å². The van der Waals surface area contributed by atoms with Crippen molar-refractivity contribution in [2.75, 3.05) is 5.32 Å². The normalized spacial score (nSPS) is 11.5. The van der Waals surface area contributed by atoms with E-state index >= 15 is 0 Å². The van der Waals surface area contributed by atoms with Crippen LogP contribution in [0.2, 0.25) is 5.02 Å². The Bertz CT molecular complexity index is 1210. The number of amides is 1. The van der Waals surface area contributed by atoms with Gasteiger partial charge in [-0.25, -0.2) is 9.38 Å². The molecule has 1 heterocycles. The zero-order chi connectivity index (χ0) is 22.5. The Morgan fingerprint density at radius 3 is 2.71 bits per heavy atom. The number of rotatable bonds is 6. The standard InChI is InChI=1S/C22H20ClFN4O2S/c1-13(2)30-20-10-19(18(24)9-17(20)23)27-22-28(3)16(12-31-22)8-21(29)26-15-6-4-14(11-25)5-7-15/h4-7,9-10,12-13H,8H2,1-3H3,(H,26,29). The average molecular weight is 459 g/mol. The first-order chi connectivity index (χ1) is 14.8. The quantitative estimate of drug-likeness (QED) is 0.567. The van der Waals surface area contributed by atoms with E-state index in [4.69, 9.17) is 21.6 Å². The third-order valence-electron chi connectivity index (χ3n) is 4.24. The smallest absolute Gasteiger partial charge is 0.230 e. The molecule has 3 rings (SSSR count). The number of thiazole rings is 1. The summed E-state index contributed by atoms with van der Waals surface area (Å²) in [5, 5.41) is 13.6. The van der Waals surface area contributed by atoms with Crippen molar-refractivity contribution in [2.24, 2.45) is 12.0 Å². The van der Waals surface area contributed by atoms with Gasteiger partial charge in [0.15, 0.2) is 10.6 Å². The van der Waals surface area contributed by atoms with E-state index in [0.717, 1.165) is 5.69 Å². The Morgan fingerprint density at radius 1 is 1.35 bits per heavy atom. The van der Waals surface area contributed by atoms with E-state index in [2.05, 4.69) is 10.3 Å². The van der Waals surface area contributed by atoms with Gasteiger partial charge in [-0.3, -0.25) is 4.79 Å². The summed E-state index contributed by atoms with van der Waals surface area (Å²) in [7, 11) is 1.76. The molecule has 0 radical (unpaired) electrons. The Balaban J connectivity index is 1.80. The molecule has 160 valence electrons. The summed E-state index contributed by atoms with van der Waals surface area (Å²) in [6.45, 7) is 3.70. The van der Waals surface area contributed by atoms with Crippen LogP contribution in [0.1, 0.15) is 25.1 Å². The number of carbonyl (C=O) groups is 1. The first kappa shape index (κ1) is 22.5. The molecule has 3 aromatic rings. The van der Waals surface area contributed by atoms with Crippen LogP contribution < -0.4 is 14.9 Å². The maximum absolute atomic E-state index is 14.4. The molecule has 0 aliphatic heterocycles. The summed E-state index contributed by atoms with van der Waals surface area (Å²) in [6.07, 6.45) is 0.00253. The monoisotopic (exact) mass is 458 g/mol. The second-order valence-corrected chi connectivity index (χ2v) is 8.24. The molecule has 0 saturated carbocycles. The Hall–Kier alpha value is -3.15. The number of carbonyl (C=O) groups excluding carboxylic acids is 1. The summed E-state index contributed by atoms with van der Waals surface area (Å²) < 4.78 is 21.7. The van der Waals surface area contributed by atoms with Crippen LogP contribution in [0.3, 0.4) is 0 Å². The Morgan fingerprint density at radius 2 is 2.06 bits per heavy atom. The molecule has 1 aromatic heterocycles. The third-order valence-corrected chi connectivity index (χ3v) is 5.50. The van der Waals surface area contributed by atoms with Crippen LogP contribution in [0, 0.1) is 17.1 Å². The Labute approximate surface area is 188 Å². The largest absolute Gasteiger partial charge is 0.489 e. The highest BCUT2D eigenvalue weighted by Gasteiger charge is 2.13. The predicted octanol–water partition coefficient (Wildman–Crippen LogP) is 4.95. The molecule has 0 saturated heterocycles. The van der Waals surface area contributed by atoms with Crippen molar-refractivity contribution < 1.29 is 13.9 Å². The zero-order valence-electron chi connectivity index (χ0n) is 17.1. The number of halogens is 2. The van der Waals surface area contributed by atoms with Crippen LogP contribution in [0.15, 0.2) is 46.8 Å². The van der Waals surface area contributed by atoms with Crippen molar-refractivity contribution in [3.8, 4) is 11.8 Å². The van der Waals surface area contributed by atoms with Crippen molar-refractivity contribution in [3.63, 3.8) is 0 Å². The minimum atomic E-state index is -0.561. The summed E-state index contributed by atoms with van der Waals surface area (Å²) in [6, 6.07) is 11.3. The maximum atomic E-state index is 14.4. The van der Waals surface area contributed by atoms with Gasteiger partial charge in [-0.15, -0.1) is 11.3 Å². The number of hydrogen-bond acceptors (Lipinski definition) is 5. The van der Waals surface area contributed by atoms with Crippen LogP contribution in [0.25, 0.3) is 0 Å². The molecule has 9 heteroatoms. The summed E-state index contributed by atoms with van der Waals surface area (Å²) in [5.41, 5.74) is 1.95. The molecule has 6 nitrogen and oxygen atoms in total. The summed E-state index contributed by atoms with van der Waals surface area (Å²) >= 11 is 7.35. The molecule has 2 aromatic carbocycles. The molecular weight excluding hydrogens is 439 g/mol. The fraction of sp³-hybridized carbons (Fsp3) is 0.227. The molecule has 0 unspecified atom stereocenters. The molecule has 0 bridgehead atoms. The minimum Gasteiger partial charge on any atom is -0.489 e. The fourth-order valence-electron chi connectivity index (χ4n) is 2.71. The molecule has 0 spiro atoms. The summed E-state index contributed by atoms with van der Waals surface area (Å²) in [4.78, 5) is 17.3. The van der Waals surface area contributed by atoms with Gasteiger partial charge in [0, 0.05) is 29.9 Å². The molecule has 1 amide bonds. The lowest BCUT2D eigenvalue weighted by Gasteiger charge is -2.12. The number of benzene rings is 2. The molecule has 31 heavy (non-hydrogen) atoms. The number of ether oxygens (including phenoxy) is 1. The fourth-order valence-corrected chi connectivity index (χ4v) is 3.82. The van der Waals surface area contributed by atoms with Gasteiger partial charge < -0.3 is 14.6 Å². The van der Waals surface area contributed by atoms with Gasteiger partial charge in [0.2, 0.25) is 5.91 Å². The second kappa shape index (κ2) is 9.77. The predicted molar refractivity (Wildman–Crippen MR) is 119 cm³/mol. The van der Waals surface area contributed by atoms with Crippen molar-refractivity contribution in [3.05, 3.63) is 68.7 Å². The van der Waals surface area contributed by atoms with Crippen molar-refractivity contribution >= 4 is 40.2 Å². The summed E-state index contributed by atoms with van der Waals surface area (Å²) in [5.74, 6) is -0.414. The van der Waals surface area contributed by atoms with Crippen molar-refractivity contribution in [1.82, 2.24) is 4.57 Å². The van der Waals surface area contributed by atoms with E-state index < -0.39 is 5.82 Å². The second-order valence-electron chi connectivity index (χ2n) is 7.00. The Kier molecular flexibility index (Phi) is 7.10. The highest BCUT2D eigenvalue weighted by atomic mass is 35.5. The van der Waals surface area contributed by atoms with Crippen LogP contribution in [-0.2, 0) is 18.3 Å². The molecule has 0 atom stereocenters. The molecule has 0 aliphatic rings. The van der Waals surface area contributed by atoms with Gasteiger partial charge in [-0.05, 0) is 44.2 Å².